The van der Waals surface area contributed by atoms with Crippen molar-refractivity contribution in [3.63, 3.8) is 0 Å². The van der Waals surface area contributed by atoms with Crippen LogP contribution in [0.25, 0.3) is 0 Å². The molecule has 2 rings (SSSR count). The Hall–Kier alpha value is -3.06. The van der Waals surface area contributed by atoms with Crippen molar-refractivity contribution in [2.75, 3.05) is 32.1 Å². The average molecular weight is 432 g/mol. The predicted molar refractivity (Wildman–Crippen MR) is 117 cm³/mol. The molecular formula is C22H26ClN3O4. The summed E-state index contributed by atoms with van der Waals surface area (Å²) in [7, 11) is 1.55. The van der Waals surface area contributed by atoms with Crippen molar-refractivity contribution in [1.29, 1.82) is 0 Å². The molecule has 0 aliphatic heterocycles. The molecule has 0 unspecified atom stereocenters. The first-order valence-electron chi connectivity index (χ1n) is 9.68. The monoisotopic (exact) mass is 431 g/mol. The zero-order chi connectivity index (χ0) is 21.9. The van der Waals surface area contributed by atoms with Gasteiger partial charge in [0.05, 0.1) is 13.7 Å². The summed E-state index contributed by atoms with van der Waals surface area (Å²) in [6.07, 6.45) is 0.716. The van der Waals surface area contributed by atoms with E-state index in [1.165, 1.54) is 4.90 Å². The van der Waals surface area contributed by atoms with E-state index in [0.29, 0.717) is 41.5 Å². The molecule has 2 N–H and O–H groups in total. The highest BCUT2D eigenvalue weighted by molar-refractivity contribution is 6.30. The molecule has 160 valence electrons. The van der Waals surface area contributed by atoms with E-state index < -0.39 is 0 Å². The number of hydrogen-bond acceptors (Lipinski definition) is 4. The van der Waals surface area contributed by atoms with Crippen LogP contribution in [0.4, 0.5) is 5.69 Å². The van der Waals surface area contributed by atoms with Gasteiger partial charge >= 0.3 is 0 Å². The minimum atomic E-state index is -0.283. The number of anilines is 1. The van der Waals surface area contributed by atoms with E-state index in [4.69, 9.17) is 16.3 Å². The molecule has 0 saturated heterocycles. The van der Waals surface area contributed by atoms with Gasteiger partial charge < -0.3 is 20.3 Å². The fourth-order valence-corrected chi connectivity index (χ4v) is 2.88. The second-order valence-corrected chi connectivity index (χ2v) is 6.99. The largest absolute Gasteiger partial charge is 0.497 e. The maximum absolute atomic E-state index is 12.4. The lowest BCUT2D eigenvalue weighted by Crippen LogP contribution is -2.38. The summed E-state index contributed by atoms with van der Waals surface area (Å²) < 4.78 is 5.13. The number of likely N-dealkylation sites (N-methyl/N-ethyl adjacent to an activating group) is 1. The van der Waals surface area contributed by atoms with Gasteiger partial charge in [-0.05, 0) is 49.7 Å². The van der Waals surface area contributed by atoms with Gasteiger partial charge in [0, 0.05) is 41.9 Å². The molecular weight excluding hydrogens is 406 g/mol. The summed E-state index contributed by atoms with van der Waals surface area (Å²) in [5, 5.41) is 6.09. The van der Waals surface area contributed by atoms with Gasteiger partial charge in [0.25, 0.3) is 5.91 Å². The standard InChI is InChI=1S/C22H26ClN3O4/c1-3-26(15-20(27)25-18-6-4-7-19(14-18)30-2)21(28)8-5-13-24-22(29)16-9-11-17(23)12-10-16/h4,6-7,9-12,14H,3,5,8,13,15H2,1-2H3,(H,24,29)(H,25,27). The second kappa shape index (κ2) is 11.8. The third-order valence-corrected chi connectivity index (χ3v) is 4.63. The van der Waals surface area contributed by atoms with E-state index >= 15 is 0 Å². The van der Waals surface area contributed by atoms with Crippen LogP contribution in [0.15, 0.2) is 48.5 Å². The van der Waals surface area contributed by atoms with Crippen LogP contribution in [0.2, 0.25) is 5.02 Å². The van der Waals surface area contributed by atoms with Crippen molar-refractivity contribution in [3.05, 3.63) is 59.1 Å². The number of rotatable bonds is 10. The lowest BCUT2D eigenvalue weighted by Gasteiger charge is -2.20. The van der Waals surface area contributed by atoms with Gasteiger partial charge in [0.1, 0.15) is 5.75 Å². The van der Waals surface area contributed by atoms with Crippen molar-refractivity contribution in [1.82, 2.24) is 10.2 Å². The van der Waals surface area contributed by atoms with Gasteiger partial charge in [-0.2, -0.15) is 0 Å². The summed E-state index contributed by atoms with van der Waals surface area (Å²) in [5.74, 6) is -0.00506. The molecule has 7 nitrogen and oxygen atoms in total. The summed E-state index contributed by atoms with van der Waals surface area (Å²) in [5.41, 5.74) is 1.11. The number of ether oxygens (including phenoxy) is 1. The first kappa shape index (κ1) is 23.2. The van der Waals surface area contributed by atoms with Crippen molar-refractivity contribution in [2.24, 2.45) is 0 Å². The third-order valence-electron chi connectivity index (χ3n) is 4.38. The Balaban J connectivity index is 1.75. The van der Waals surface area contributed by atoms with Crippen LogP contribution in [-0.4, -0.2) is 49.4 Å². The summed E-state index contributed by atoms with van der Waals surface area (Å²) in [4.78, 5) is 38.2. The fourth-order valence-electron chi connectivity index (χ4n) is 2.75. The molecule has 0 heterocycles. The van der Waals surface area contributed by atoms with Gasteiger partial charge in [-0.3, -0.25) is 14.4 Å². The maximum Gasteiger partial charge on any atom is 0.251 e. The van der Waals surface area contributed by atoms with Crippen LogP contribution in [0.1, 0.15) is 30.1 Å². The number of nitrogens with zero attached hydrogens (tertiary/aromatic N) is 1. The number of amides is 3. The van der Waals surface area contributed by atoms with E-state index in [-0.39, 0.29) is 30.7 Å². The van der Waals surface area contributed by atoms with Crippen molar-refractivity contribution >= 4 is 35.0 Å². The molecule has 0 bridgehead atoms. The molecule has 30 heavy (non-hydrogen) atoms. The Morgan fingerprint density at radius 3 is 2.50 bits per heavy atom. The van der Waals surface area contributed by atoms with E-state index in [1.807, 2.05) is 6.92 Å². The Kier molecular flexibility index (Phi) is 9.15. The number of carbonyl (C=O) groups excluding carboxylic acids is 3. The normalized spacial score (nSPS) is 10.2. The van der Waals surface area contributed by atoms with Gasteiger partial charge in [-0.25, -0.2) is 0 Å². The topological polar surface area (TPSA) is 87.7 Å². The molecule has 0 aromatic heterocycles. The Morgan fingerprint density at radius 1 is 1.10 bits per heavy atom. The second-order valence-electron chi connectivity index (χ2n) is 6.55. The van der Waals surface area contributed by atoms with Crippen molar-refractivity contribution < 1.29 is 19.1 Å². The van der Waals surface area contributed by atoms with Crippen LogP contribution < -0.4 is 15.4 Å². The lowest BCUT2D eigenvalue weighted by atomic mass is 10.2. The highest BCUT2D eigenvalue weighted by atomic mass is 35.5. The average Bonchev–Trinajstić information content (AvgIpc) is 2.75. The number of benzene rings is 2. The van der Waals surface area contributed by atoms with E-state index in [0.717, 1.165) is 0 Å². The molecule has 0 fully saturated rings. The first-order valence-corrected chi connectivity index (χ1v) is 10.1. The van der Waals surface area contributed by atoms with Crippen molar-refractivity contribution in [3.8, 4) is 5.75 Å². The highest BCUT2D eigenvalue weighted by Crippen LogP contribution is 2.16. The number of carbonyl (C=O) groups is 3. The first-order chi connectivity index (χ1) is 14.4. The van der Waals surface area contributed by atoms with Gasteiger partial charge in [-0.1, -0.05) is 17.7 Å². The van der Waals surface area contributed by atoms with Crippen LogP contribution in [0, 0.1) is 0 Å². The summed E-state index contributed by atoms with van der Waals surface area (Å²) in [6, 6.07) is 13.6. The Morgan fingerprint density at radius 2 is 1.83 bits per heavy atom. The number of hydrogen-bond donors (Lipinski definition) is 2. The molecule has 0 aliphatic carbocycles. The van der Waals surface area contributed by atoms with E-state index in [9.17, 15) is 14.4 Å². The molecule has 8 heteroatoms. The molecule has 2 aromatic rings. The van der Waals surface area contributed by atoms with Crippen LogP contribution in [-0.2, 0) is 9.59 Å². The minimum Gasteiger partial charge on any atom is -0.497 e. The maximum atomic E-state index is 12.4. The Bertz CT molecular complexity index is 871. The smallest absolute Gasteiger partial charge is 0.251 e. The molecule has 2 aromatic carbocycles. The molecule has 0 atom stereocenters. The van der Waals surface area contributed by atoms with Crippen LogP contribution in [0.3, 0.4) is 0 Å². The molecule has 0 spiro atoms. The summed E-state index contributed by atoms with van der Waals surface area (Å²) >= 11 is 5.81. The quantitative estimate of drug-likeness (QED) is 0.565. The molecule has 0 radical (unpaired) electrons. The number of nitrogens with one attached hydrogen (secondary N) is 2. The zero-order valence-electron chi connectivity index (χ0n) is 17.1. The predicted octanol–water partition coefficient (Wildman–Crippen LogP) is 3.35. The lowest BCUT2D eigenvalue weighted by molar-refractivity contribution is -0.134. The minimum absolute atomic E-state index is 0.0380. The highest BCUT2D eigenvalue weighted by Gasteiger charge is 2.16. The van der Waals surface area contributed by atoms with E-state index in [1.54, 1.807) is 55.6 Å². The van der Waals surface area contributed by atoms with Gasteiger partial charge in [-0.15, -0.1) is 0 Å². The van der Waals surface area contributed by atoms with E-state index in [2.05, 4.69) is 10.6 Å². The zero-order valence-corrected chi connectivity index (χ0v) is 17.9. The fraction of sp³-hybridized carbons (Fsp3) is 0.318. The number of halogens is 1. The van der Waals surface area contributed by atoms with Gasteiger partial charge in [0.2, 0.25) is 11.8 Å². The van der Waals surface area contributed by atoms with Crippen LogP contribution >= 0.6 is 11.6 Å². The van der Waals surface area contributed by atoms with Gasteiger partial charge in [0.15, 0.2) is 0 Å². The summed E-state index contributed by atoms with van der Waals surface area (Å²) in [6.45, 7) is 2.56. The third kappa shape index (κ3) is 7.40. The SMILES string of the molecule is CCN(CC(=O)Nc1cccc(OC)c1)C(=O)CCCNC(=O)c1ccc(Cl)cc1. The molecule has 0 saturated carbocycles. The molecule has 0 aliphatic rings. The Labute approximate surface area is 181 Å². The molecule has 3 amide bonds. The number of methoxy groups -OCH3 is 1. The van der Waals surface area contributed by atoms with Crippen molar-refractivity contribution in [2.45, 2.75) is 19.8 Å². The van der Waals surface area contributed by atoms with Crippen LogP contribution in [0.5, 0.6) is 5.75 Å².